The number of alkyl halides is 2. The summed E-state index contributed by atoms with van der Waals surface area (Å²) in [5, 5.41) is 19.8. The molecule has 2 aliphatic heterocycles. The van der Waals surface area contributed by atoms with Crippen LogP contribution in [-0.4, -0.2) is 78.4 Å². The maximum atomic E-state index is 13.0. The first kappa shape index (κ1) is 21.3. The summed E-state index contributed by atoms with van der Waals surface area (Å²) >= 11 is 0. The molecule has 118 valence electrons. The van der Waals surface area contributed by atoms with E-state index in [1.165, 1.54) is 0 Å². The first-order valence-electron chi connectivity index (χ1n) is 5.92. The van der Waals surface area contributed by atoms with Gasteiger partial charge in [0.1, 0.15) is 11.3 Å². The van der Waals surface area contributed by atoms with Gasteiger partial charge in [-0.3, -0.25) is 0 Å². The molecule has 0 amide bonds. The van der Waals surface area contributed by atoms with Crippen LogP contribution in [0.2, 0.25) is 0 Å². The fourth-order valence-electron chi connectivity index (χ4n) is 2.01. The van der Waals surface area contributed by atoms with Crippen molar-refractivity contribution in [2.45, 2.75) is 24.2 Å². The van der Waals surface area contributed by atoms with E-state index in [1.807, 2.05) is 11.9 Å². The van der Waals surface area contributed by atoms with E-state index in [1.54, 1.807) is 0 Å². The molecule has 2 saturated heterocycles. The van der Waals surface area contributed by atoms with Crippen LogP contribution in [0.1, 0.15) is 12.8 Å². The Balaban J connectivity index is 0. The monoisotopic (exact) mass is 306 g/mol. The third-order valence-corrected chi connectivity index (χ3v) is 3.25. The lowest BCUT2D eigenvalue weighted by Gasteiger charge is -2.14. The summed E-state index contributed by atoms with van der Waals surface area (Å²) in [5.41, 5.74) is -2.63. The SMILES string of the molecule is CN1CC[C@@](F)(CO)C1.Cl.O.OC[C@]1(F)CCNC1. The molecule has 2 rings (SSSR count). The number of halogens is 3. The van der Waals surface area contributed by atoms with Gasteiger partial charge in [-0.2, -0.15) is 0 Å². The lowest BCUT2D eigenvalue weighted by molar-refractivity contribution is 0.0805. The number of aliphatic hydroxyl groups is 2. The molecule has 19 heavy (non-hydrogen) atoms. The zero-order valence-corrected chi connectivity index (χ0v) is 12.0. The molecule has 0 saturated carbocycles. The van der Waals surface area contributed by atoms with Crippen LogP contribution in [0.3, 0.4) is 0 Å². The van der Waals surface area contributed by atoms with E-state index in [2.05, 4.69) is 5.32 Å². The highest BCUT2D eigenvalue weighted by Gasteiger charge is 2.35. The third-order valence-electron chi connectivity index (χ3n) is 3.25. The van der Waals surface area contributed by atoms with Crippen LogP contribution in [0.5, 0.6) is 0 Å². The summed E-state index contributed by atoms with van der Waals surface area (Å²) in [5.74, 6) is 0. The zero-order chi connectivity index (χ0) is 12.9. The first-order chi connectivity index (χ1) is 7.93. The molecule has 0 spiro atoms. The van der Waals surface area contributed by atoms with Crippen molar-refractivity contribution in [3.05, 3.63) is 0 Å². The van der Waals surface area contributed by atoms with Gasteiger partial charge < -0.3 is 25.9 Å². The van der Waals surface area contributed by atoms with Crippen molar-refractivity contribution in [3.63, 3.8) is 0 Å². The van der Waals surface area contributed by atoms with Crippen LogP contribution in [0.25, 0.3) is 0 Å². The van der Waals surface area contributed by atoms with Gasteiger partial charge >= 0.3 is 0 Å². The van der Waals surface area contributed by atoms with Crippen molar-refractivity contribution < 1.29 is 24.5 Å². The van der Waals surface area contributed by atoms with Crippen molar-refractivity contribution in [1.29, 1.82) is 0 Å². The Morgan fingerprint density at radius 3 is 1.95 bits per heavy atom. The van der Waals surface area contributed by atoms with E-state index in [0.717, 1.165) is 6.54 Å². The van der Waals surface area contributed by atoms with Gasteiger partial charge in [-0.15, -0.1) is 12.4 Å². The Morgan fingerprint density at radius 2 is 1.74 bits per heavy atom. The number of nitrogens with one attached hydrogen (secondary N) is 1. The highest BCUT2D eigenvalue weighted by atomic mass is 35.5. The second kappa shape index (κ2) is 8.99. The van der Waals surface area contributed by atoms with Crippen LogP contribution >= 0.6 is 12.4 Å². The van der Waals surface area contributed by atoms with Crippen LogP contribution in [0, 0.1) is 0 Å². The van der Waals surface area contributed by atoms with Crippen LogP contribution in [-0.2, 0) is 0 Å². The Bertz CT molecular complexity index is 246. The highest BCUT2D eigenvalue weighted by molar-refractivity contribution is 5.85. The molecule has 5 N–H and O–H groups in total. The summed E-state index contributed by atoms with van der Waals surface area (Å²) in [7, 11) is 1.86. The molecule has 0 aromatic carbocycles. The normalized spacial score (nSPS) is 33.9. The van der Waals surface area contributed by atoms with Gasteiger partial charge in [-0.05, 0) is 26.4 Å². The van der Waals surface area contributed by atoms with Gasteiger partial charge in [0.15, 0.2) is 0 Å². The second-order valence-corrected chi connectivity index (χ2v) is 5.03. The molecular formula is C11H25ClF2N2O3. The smallest absolute Gasteiger partial charge is 0.147 e. The molecule has 0 aliphatic carbocycles. The Morgan fingerprint density at radius 1 is 1.16 bits per heavy atom. The van der Waals surface area contributed by atoms with E-state index in [0.29, 0.717) is 32.5 Å². The van der Waals surface area contributed by atoms with Gasteiger partial charge in [-0.1, -0.05) is 0 Å². The van der Waals surface area contributed by atoms with Crippen LogP contribution in [0.15, 0.2) is 0 Å². The molecule has 2 heterocycles. The fourth-order valence-corrected chi connectivity index (χ4v) is 2.01. The predicted molar refractivity (Wildman–Crippen MR) is 72.3 cm³/mol. The molecule has 0 aromatic rings. The maximum Gasteiger partial charge on any atom is 0.147 e. The minimum atomic E-state index is -1.32. The lowest BCUT2D eigenvalue weighted by Crippen LogP contribution is -2.30. The molecule has 0 unspecified atom stereocenters. The van der Waals surface area contributed by atoms with E-state index < -0.39 is 11.3 Å². The maximum absolute atomic E-state index is 13.0. The second-order valence-electron chi connectivity index (χ2n) is 5.03. The van der Waals surface area contributed by atoms with Crippen molar-refractivity contribution in [3.8, 4) is 0 Å². The molecule has 0 bridgehead atoms. The number of aliphatic hydroxyl groups excluding tert-OH is 2. The molecule has 2 fully saturated rings. The number of hydrogen-bond acceptors (Lipinski definition) is 4. The minimum Gasteiger partial charge on any atom is -0.412 e. The zero-order valence-electron chi connectivity index (χ0n) is 11.2. The number of rotatable bonds is 2. The Hall–Kier alpha value is -0.0500. The van der Waals surface area contributed by atoms with Crippen molar-refractivity contribution >= 4 is 12.4 Å². The molecular weight excluding hydrogens is 282 g/mol. The van der Waals surface area contributed by atoms with Crippen LogP contribution in [0.4, 0.5) is 8.78 Å². The average molecular weight is 307 g/mol. The number of likely N-dealkylation sites (tertiary alicyclic amines) is 1. The molecule has 5 nitrogen and oxygen atoms in total. The van der Waals surface area contributed by atoms with Crippen molar-refractivity contribution in [1.82, 2.24) is 10.2 Å². The standard InChI is InChI=1S/C6H12FNO.C5H10FNO.ClH.H2O/c1-8-3-2-6(7,4-8)5-9;6-5(4-8)1-2-7-3-5;;/h9H,2-5H2,1H3;7-8H,1-4H2;1H;1H2/t6-;5-;;/m00../s1. The highest BCUT2D eigenvalue weighted by Crippen LogP contribution is 2.23. The Labute approximate surface area is 118 Å². The fraction of sp³-hybridized carbons (Fsp3) is 1.00. The topological polar surface area (TPSA) is 87.2 Å². The summed E-state index contributed by atoms with van der Waals surface area (Å²) in [4.78, 5) is 1.89. The molecule has 2 atom stereocenters. The summed E-state index contributed by atoms with van der Waals surface area (Å²) in [6.07, 6.45) is 0.920. The van der Waals surface area contributed by atoms with Gasteiger partial charge in [0.05, 0.1) is 13.2 Å². The molecule has 8 heteroatoms. The van der Waals surface area contributed by atoms with Gasteiger partial charge in [-0.25, -0.2) is 8.78 Å². The van der Waals surface area contributed by atoms with Crippen molar-refractivity contribution in [2.75, 3.05) is 46.4 Å². The van der Waals surface area contributed by atoms with E-state index >= 15 is 0 Å². The quantitative estimate of drug-likeness (QED) is 0.629. The largest absolute Gasteiger partial charge is 0.412 e. The summed E-state index contributed by atoms with van der Waals surface area (Å²) in [6.45, 7) is 1.46. The van der Waals surface area contributed by atoms with E-state index in [9.17, 15) is 8.78 Å². The summed E-state index contributed by atoms with van der Waals surface area (Å²) in [6, 6.07) is 0. The average Bonchev–Trinajstić information content (AvgIpc) is 2.88. The third kappa shape index (κ3) is 6.78. The van der Waals surface area contributed by atoms with Crippen molar-refractivity contribution in [2.24, 2.45) is 0 Å². The number of nitrogens with zero attached hydrogens (tertiary/aromatic N) is 1. The van der Waals surface area contributed by atoms with Gasteiger partial charge in [0.2, 0.25) is 0 Å². The summed E-state index contributed by atoms with van der Waals surface area (Å²) < 4.78 is 25.7. The lowest BCUT2D eigenvalue weighted by atomic mass is 10.1. The minimum absolute atomic E-state index is 0. The van der Waals surface area contributed by atoms with Gasteiger partial charge in [0, 0.05) is 19.6 Å². The van der Waals surface area contributed by atoms with E-state index in [-0.39, 0.29) is 31.1 Å². The molecule has 2 aliphatic rings. The molecule has 0 radical (unpaired) electrons. The predicted octanol–water partition coefficient (Wildman–Crippen LogP) is -0.700. The first-order valence-corrected chi connectivity index (χ1v) is 5.92. The molecule has 0 aromatic heterocycles. The van der Waals surface area contributed by atoms with E-state index in [4.69, 9.17) is 10.2 Å². The van der Waals surface area contributed by atoms with Crippen LogP contribution < -0.4 is 5.32 Å². The number of hydrogen-bond donors (Lipinski definition) is 3. The van der Waals surface area contributed by atoms with Gasteiger partial charge in [0.25, 0.3) is 0 Å². The Kier molecular flexibility index (Phi) is 10.1.